The third-order valence-electron chi connectivity index (χ3n) is 3.79. The number of nitrogens with zero attached hydrogens (tertiary/aromatic N) is 1. The molecular formula is C17H25NO3S. The highest BCUT2D eigenvalue weighted by Gasteiger charge is 2.31. The molecule has 1 amide bonds. The van der Waals surface area contributed by atoms with Gasteiger partial charge in [0.25, 0.3) is 5.91 Å². The molecule has 1 saturated heterocycles. The molecule has 1 fully saturated rings. The zero-order valence-corrected chi connectivity index (χ0v) is 14.4. The highest BCUT2D eigenvalue weighted by molar-refractivity contribution is 8.00. The molecule has 0 aliphatic carbocycles. The standard InChI is InChI=1S/C17H25NO3S/c1-4-6-16-18(9-10-22-16)17(19)13(2)21-12-14-7-5-8-15(11-14)20-3/h5,7-8,11,13,16H,4,6,9-10,12H2,1-3H3/t13-,16-/m0/s1. The average Bonchev–Trinajstić information content (AvgIpc) is 3.00. The summed E-state index contributed by atoms with van der Waals surface area (Å²) < 4.78 is 11.0. The fraction of sp³-hybridized carbons (Fsp3) is 0.588. The molecule has 0 saturated carbocycles. The SMILES string of the molecule is CCC[C@@H]1SCCN1C(=O)[C@H](C)OCc1cccc(OC)c1. The molecule has 2 rings (SSSR count). The summed E-state index contributed by atoms with van der Waals surface area (Å²) >= 11 is 1.87. The Morgan fingerprint density at radius 3 is 3.05 bits per heavy atom. The van der Waals surface area contributed by atoms with Gasteiger partial charge in [-0.2, -0.15) is 0 Å². The van der Waals surface area contributed by atoms with Gasteiger partial charge in [-0.25, -0.2) is 0 Å². The number of rotatable bonds is 7. The van der Waals surface area contributed by atoms with E-state index >= 15 is 0 Å². The second-order valence-electron chi connectivity index (χ2n) is 5.45. The predicted octanol–water partition coefficient (Wildman–Crippen LogP) is 3.30. The Morgan fingerprint density at radius 2 is 2.32 bits per heavy atom. The van der Waals surface area contributed by atoms with E-state index in [2.05, 4.69) is 6.92 Å². The fourth-order valence-electron chi connectivity index (χ4n) is 2.55. The number of ether oxygens (including phenoxy) is 2. The smallest absolute Gasteiger partial charge is 0.252 e. The number of hydrogen-bond donors (Lipinski definition) is 0. The quantitative estimate of drug-likeness (QED) is 0.772. The van der Waals surface area contributed by atoms with Crippen molar-refractivity contribution in [1.29, 1.82) is 0 Å². The Hall–Kier alpha value is -1.20. The Kier molecular flexibility index (Phi) is 6.58. The van der Waals surface area contributed by atoms with Crippen molar-refractivity contribution < 1.29 is 14.3 Å². The van der Waals surface area contributed by atoms with Crippen LogP contribution in [0, 0.1) is 0 Å². The van der Waals surface area contributed by atoms with Gasteiger partial charge >= 0.3 is 0 Å². The second-order valence-corrected chi connectivity index (χ2v) is 6.74. The van der Waals surface area contributed by atoms with Crippen LogP contribution in [0.2, 0.25) is 0 Å². The van der Waals surface area contributed by atoms with E-state index in [4.69, 9.17) is 9.47 Å². The van der Waals surface area contributed by atoms with Crippen molar-refractivity contribution in [3.05, 3.63) is 29.8 Å². The minimum Gasteiger partial charge on any atom is -0.497 e. The first-order valence-corrected chi connectivity index (χ1v) is 8.87. The molecule has 1 aliphatic heterocycles. The van der Waals surface area contributed by atoms with E-state index in [-0.39, 0.29) is 5.91 Å². The summed E-state index contributed by atoms with van der Waals surface area (Å²) in [5.41, 5.74) is 1.01. The lowest BCUT2D eigenvalue weighted by Crippen LogP contribution is -2.41. The molecule has 1 aliphatic rings. The molecule has 1 aromatic rings. The first kappa shape index (κ1) is 17.2. The molecule has 5 heteroatoms. The van der Waals surface area contributed by atoms with E-state index < -0.39 is 6.10 Å². The van der Waals surface area contributed by atoms with Gasteiger partial charge in [-0.3, -0.25) is 4.79 Å². The number of methoxy groups -OCH3 is 1. The van der Waals surface area contributed by atoms with Crippen LogP contribution in [0.5, 0.6) is 5.75 Å². The molecule has 22 heavy (non-hydrogen) atoms. The van der Waals surface area contributed by atoms with Gasteiger partial charge < -0.3 is 14.4 Å². The van der Waals surface area contributed by atoms with Gasteiger partial charge in [0.15, 0.2) is 0 Å². The number of amides is 1. The Morgan fingerprint density at radius 1 is 1.50 bits per heavy atom. The molecule has 0 spiro atoms. The average molecular weight is 323 g/mol. The maximum Gasteiger partial charge on any atom is 0.252 e. The Labute approximate surface area is 137 Å². The maximum absolute atomic E-state index is 12.5. The fourth-order valence-corrected chi connectivity index (χ4v) is 3.91. The van der Waals surface area contributed by atoms with Crippen LogP contribution in [-0.4, -0.2) is 41.7 Å². The van der Waals surface area contributed by atoms with Crippen LogP contribution in [0.4, 0.5) is 0 Å². The van der Waals surface area contributed by atoms with Gasteiger partial charge in [-0.05, 0) is 31.0 Å². The van der Waals surface area contributed by atoms with E-state index in [1.807, 2.05) is 47.9 Å². The van der Waals surface area contributed by atoms with E-state index in [1.165, 1.54) is 0 Å². The van der Waals surface area contributed by atoms with Crippen molar-refractivity contribution in [2.75, 3.05) is 19.4 Å². The van der Waals surface area contributed by atoms with Crippen LogP contribution in [0.1, 0.15) is 32.3 Å². The summed E-state index contributed by atoms with van der Waals surface area (Å²) in [5.74, 6) is 1.93. The zero-order chi connectivity index (χ0) is 15.9. The second kappa shape index (κ2) is 8.44. The monoisotopic (exact) mass is 323 g/mol. The van der Waals surface area contributed by atoms with Crippen LogP contribution in [0.15, 0.2) is 24.3 Å². The Bertz CT molecular complexity index is 495. The van der Waals surface area contributed by atoms with Gasteiger partial charge in [0.1, 0.15) is 11.9 Å². The van der Waals surface area contributed by atoms with Crippen molar-refractivity contribution >= 4 is 17.7 Å². The first-order chi connectivity index (χ1) is 10.7. The summed E-state index contributed by atoms with van der Waals surface area (Å²) in [6.07, 6.45) is 1.74. The third-order valence-corrected chi connectivity index (χ3v) is 5.08. The van der Waals surface area contributed by atoms with Crippen molar-refractivity contribution in [3.8, 4) is 5.75 Å². The lowest BCUT2D eigenvalue weighted by atomic mass is 10.2. The first-order valence-electron chi connectivity index (χ1n) is 7.82. The van der Waals surface area contributed by atoms with Crippen molar-refractivity contribution in [2.45, 2.75) is 44.8 Å². The molecule has 0 aromatic heterocycles. The molecule has 0 radical (unpaired) electrons. The van der Waals surface area contributed by atoms with E-state index in [0.29, 0.717) is 12.0 Å². The lowest BCUT2D eigenvalue weighted by Gasteiger charge is -2.26. The van der Waals surface area contributed by atoms with Gasteiger partial charge in [-0.15, -0.1) is 11.8 Å². The minimum atomic E-state index is -0.413. The molecule has 2 atom stereocenters. The van der Waals surface area contributed by atoms with E-state index in [1.54, 1.807) is 7.11 Å². The number of carbonyl (C=O) groups excluding carboxylic acids is 1. The highest BCUT2D eigenvalue weighted by Crippen LogP contribution is 2.28. The maximum atomic E-state index is 12.5. The number of benzene rings is 1. The van der Waals surface area contributed by atoms with Gasteiger partial charge in [0.05, 0.1) is 19.1 Å². The summed E-state index contributed by atoms with van der Waals surface area (Å²) in [5, 5.41) is 0.320. The lowest BCUT2D eigenvalue weighted by molar-refractivity contribution is -0.143. The summed E-state index contributed by atoms with van der Waals surface area (Å²) in [7, 11) is 1.64. The number of carbonyl (C=O) groups is 1. The van der Waals surface area contributed by atoms with Crippen molar-refractivity contribution in [1.82, 2.24) is 4.90 Å². The van der Waals surface area contributed by atoms with Gasteiger partial charge in [0.2, 0.25) is 0 Å². The van der Waals surface area contributed by atoms with Crippen LogP contribution in [0.3, 0.4) is 0 Å². The number of hydrogen-bond acceptors (Lipinski definition) is 4. The van der Waals surface area contributed by atoms with Crippen molar-refractivity contribution in [2.24, 2.45) is 0 Å². The summed E-state index contributed by atoms with van der Waals surface area (Å²) in [4.78, 5) is 14.5. The normalized spacial score (nSPS) is 19.2. The third kappa shape index (κ3) is 4.40. The van der Waals surface area contributed by atoms with Crippen LogP contribution < -0.4 is 4.74 Å². The molecule has 0 bridgehead atoms. The van der Waals surface area contributed by atoms with Gasteiger partial charge in [0, 0.05) is 12.3 Å². The zero-order valence-electron chi connectivity index (χ0n) is 13.6. The topological polar surface area (TPSA) is 38.8 Å². The van der Waals surface area contributed by atoms with Crippen LogP contribution in [0.25, 0.3) is 0 Å². The number of thioether (sulfide) groups is 1. The van der Waals surface area contributed by atoms with E-state index in [0.717, 1.165) is 36.5 Å². The molecule has 4 nitrogen and oxygen atoms in total. The van der Waals surface area contributed by atoms with E-state index in [9.17, 15) is 4.79 Å². The predicted molar refractivity (Wildman–Crippen MR) is 90.1 cm³/mol. The molecule has 1 aromatic carbocycles. The van der Waals surface area contributed by atoms with Crippen molar-refractivity contribution in [3.63, 3.8) is 0 Å². The van der Waals surface area contributed by atoms with Crippen LogP contribution >= 0.6 is 11.8 Å². The van der Waals surface area contributed by atoms with Crippen LogP contribution in [-0.2, 0) is 16.1 Å². The summed E-state index contributed by atoms with van der Waals surface area (Å²) in [6.45, 7) is 5.25. The molecule has 122 valence electrons. The molecule has 1 heterocycles. The molecule has 0 N–H and O–H groups in total. The highest BCUT2D eigenvalue weighted by atomic mass is 32.2. The molecule has 0 unspecified atom stereocenters. The largest absolute Gasteiger partial charge is 0.497 e. The summed E-state index contributed by atoms with van der Waals surface area (Å²) in [6, 6.07) is 7.74. The minimum absolute atomic E-state index is 0.103. The van der Waals surface area contributed by atoms with Gasteiger partial charge in [-0.1, -0.05) is 25.5 Å². The molecular weight excluding hydrogens is 298 g/mol. The Balaban J connectivity index is 1.88.